The number of rotatable bonds is 7. The van der Waals surface area contributed by atoms with Crippen molar-refractivity contribution in [3.8, 4) is 22.3 Å². The summed E-state index contributed by atoms with van der Waals surface area (Å²) in [6.07, 6.45) is 1.79. The fourth-order valence-electron chi connectivity index (χ4n) is 7.62. The van der Waals surface area contributed by atoms with Gasteiger partial charge < -0.3 is 9.73 Å². The van der Waals surface area contributed by atoms with Gasteiger partial charge in [-0.2, -0.15) is 0 Å². The Balaban J connectivity index is 1.11. The third kappa shape index (κ3) is 6.38. The van der Waals surface area contributed by atoms with Crippen molar-refractivity contribution in [1.29, 1.82) is 5.41 Å². The van der Waals surface area contributed by atoms with Gasteiger partial charge in [0.25, 0.3) is 0 Å². The molecule has 0 atom stereocenters. The number of aliphatic imine (C=N–C) groups is 2. The number of amidine groups is 2. The van der Waals surface area contributed by atoms with Gasteiger partial charge in [-0.05, 0) is 47.0 Å². The Labute approximate surface area is 333 Å². The number of thiophene rings is 1. The van der Waals surface area contributed by atoms with E-state index in [0.29, 0.717) is 22.5 Å². The molecular formula is C51H34N4OS. The molecule has 57 heavy (non-hydrogen) atoms. The van der Waals surface area contributed by atoms with Crippen molar-refractivity contribution >= 4 is 82.7 Å². The number of benzene rings is 8. The molecule has 0 aliphatic heterocycles. The second-order valence-electron chi connectivity index (χ2n) is 13.8. The van der Waals surface area contributed by atoms with Crippen molar-refractivity contribution in [2.24, 2.45) is 9.98 Å². The third-order valence-electron chi connectivity index (χ3n) is 10.3. The number of hydrogen-bond donors (Lipinski definition) is 2. The first-order valence-corrected chi connectivity index (χ1v) is 19.6. The van der Waals surface area contributed by atoms with E-state index < -0.39 is 0 Å². The summed E-state index contributed by atoms with van der Waals surface area (Å²) >= 11 is 1.81. The van der Waals surface area contributed by atoms with Crippen LogP contribution in [0.25, 0.3) is 64.4 Å². The maximum absolute atomic E-state index is 8.91. The van der Waals surface area contributed by atoms with Crippen molar-refractivity contribution in [3.63, 3.8) is 0 Å². The molecule has 0 radical (unpaired) electrons. The minimum absolute atomic E-state index is 0.124. The van der Waals surface area contributed by atoms with Gasteiger partial charge in [0, 0.05) is 65.2 Å². The summed E-state index contributed by atoms with van der Waals surface area (Å²) in [6.45, 7) is 0. The van der Waals surface area contributed by atoms with Crippen LogP contribution in [-0.2, 0) is 0 Å². The molecule has 0 bridgehead atoms. The van der Waals surface area contributed by atoms with Gasteiger partial charge in [-0.3, -0.25) is 5.41 Å². The summed E-state index contributed by atoms with van der Waals surface area (Å²) in [4.78, 5) is 9.67. The number of fused-ring (bicyclic) bond motifs is 6. The zero-order chi connectivity index (χ0) is 38.1. The molecule has 0 spiro atoms. The van der Waals surface area contributed by atoms with Gasteiger partial charge in [-0.25, -0.2) is 9.98 Å². The Bertz CT molecular complexity index is 3160. The number of para-hydroxylation sites is 2. The molecule has 6 heteroatoms. The van der Waals surface area contributed by atoms with E-state index in [9.17, 15) is 0 Å². The summed E-state index contributed by atoms with van der Waals surface area (Å²) in [5.74, 6) is 0.526. The van der Waals surface area contributed by atoms with Gasteiger partial charge in [0.15, 0.2) is 11.7 Å². The highest BCUT2D eigenvalue weighted by atomic mass is 32.1. The fourth-order valence-corrected chi connectivity index (χ4v) is 8.88. The second-order valence-corrected chi connectivity index (χ2v) is 14.8. The number of furan rings is 1. The normalized spacial score (nSPS) is 12.0. The minimum atomic E-state index is 0.124. The van der Waals surface area contributed by atoms with E-state index in [-0.39, 0.29) is 5.84 Å². The van der Waals surface area contributed by atoms with E-state index in [4.69, 9.17) is 19.8 Å². The predicted octanol–water partition coefficient (Wildman–Crippen LogP) is 13.9. The lowest BCUT2D eigenvalue weighted by Gasteiger charge is -2.13. The molecule has 2 aromatic heterocycles. The first-order valence-electron chi connectivity index (χ1n) is 18.8. The largest absolute Gasteiger partial charge is 0.455 e. The highest BCUT2D eigenvalue weighted by molar-refractivity contribution is 7.26. The molecule has 2 heterocycles. The van der Waals surface area contributed by atoms with Crippen molar-refractivity contribution in [2.45, 2.75) is 0 Å². The monoisotopic (exact) mass is 750 g/mol. The average Bonchev–Trinajstić information content (AvgIpc) is 3.86. The molecule has 5 nitrogen and oxygen atoms in total. The Morgan fingerprint density at radius 1 is 0.561 bits per heavy atom. The summed E-state index contributed by atoms with van der Waals surface area (Å²) in [7, 11) is 0. The zero-order valence-electron chi connectivity index (χ0n) is 30.7. The van der Waals surface area contributed by atoms with E-state index in [0.717, 1.165) is 50.0 Å². The van der Waals surface area contributed by atoms with Crippen molar-refractivity contribution < 1.29 is 4.42 Å². The molecule has 8 aromatic carbocycles. The summed E-state index contributed by atoms with van der Waals surface area (Å²) in [5.41, 5.74) is 10.5. The van der Waals surface area contributed by atoms with E-state index in [2.05, 4.69) is 108 Å². The second kappa shape index (κ2) is 14.7. The number of hydrogen-bond acceptors (Lipinski definition) is 4. The summed E-state index contributed by atoms with van der Waals surface area (Å²) in [6, 6.07) is 63.9. The minimum Gasteiger partial charge on any atom is -0.455 e. The number of nitrogens with one attached hydrogen (secondary N) is 2. The first-order chi connectivity index (χ1) is 28.2. The molecule has 10 rings (SSSR count). The molecule has 0 aliphatic rings. The van der Waals surface area contributed by atoms with Crippen LogP contribution >= 0.6 is 11.3 Å². The van der Waals surface area contributed by atoms with Crippen molar-refractivity contribution in [1.82, 2.24) is 0 Å². The lowest BCUT2D eigenvalue weighted by atomic mass is 9.97. The molecule has 0 saturated carbocycles. The third-order valence-corrected chi connectivity index (χ3v) is 11.5. The number of anilines is 2. The van der Waals surface area contributed by atoms with Crippen LogP contribution in [0.15, 0.2) is 202 Å². The quantitative estimate of drug-likeness (QED) is 0.126. The Morgan fingerprint density at radius 3 is 2.05 bits per heavy atom. The smallest absolute Gasteiger partial charge is 0.165 e. The van der Waals surface area contributed by atoms with E-state index >= 15 is 0 Å². The molecule has 0 amide bonds. The fraction of sp³-hybridized carbons (Fsp3) is 0. The molecule has 0 saturated heterocycles. The van der Waals surface area contributed by atoms with Crippen molar-refractivity contribution in [2.75, 3.05) is 5.32 Å². The topological polar surface area (TPSA) is 73.7 Å². The molecule has 0 aliphatic carbocycles. The van der Waals surface area contributed by atoms with Crippen LogP contribution in [0.1, 0.15) is 16.7 Å². The summed E-state index contributed by atoms with van der Waals surface area (Å²) < 4.78 is 9.16. The first kappa shape index (κ1) is 34.1. The molecule has 10 aromatic rings. The summed E-state index contributed by atoms with van der Waals surface area (Å²) in [5, 5.41) is 17.1. The van der Waals surface area contributed by atoms with Crippen LogP contribution in [0.3, 0.4) is 0 Å². The van der Waals surface area contributed by atoms with Crippen LogP contribution in [-0.4, -0.2) is 17.9 Å². The van der Waals surface area contributed by atoms with Gasteiger partial charge in [-0.15, -0.1) is 11.3 Å². The molecule has 0 unspecified atom stereocenters. The maximum Gasteiger partial charge on any atom is 0.165 e. The highest BCUT2D eigenvalue weighted by Crippen LogP contribution is 2.46. The van der Waals surface area contributed by atoms with Crippen LogP contribution in [0.5, 0.6) is 0 Å². The van der Waals surface area contributed by atoms with Gasteiger partial charge in [0.05, 0.1) is 5.56 Å². The lowest BCUT2D eigenvalue weighted by Crippen LogP contribution is -2.05. The molecule has 2 N–H and O–H groups in total. The van der Waals surface area contributed by atoms with Gasteiger partial charge >= 0.3 is 0 Å². The average molecular weight is 751 g/mol. The van der Waals surface area contributed by atoms with E-state index in [1.807, 2.05) is 96.3 Å². The van der Waals surface area contributed by atoms with Crippen LogP contribution in [0.4, 0.5) is 11.4 Å². The maximum atomic E-state index is 8.91. The van der Waals surface area contributed by atoms with Crippen LogP contribution < -0.4 is 5.32 Å². The predicted molar refractivity (Wildman–Crippen MR) is 241 cm³/mol. The Hall–Kier alpha value is -7.41. The van der Waals surface area contributed by atoms with E-state index in [1.165, 1.54) is 25.7 Å². The Kier molecular flexibility index (Phi) is 8.78. The number of nitrogens with zero attached hydrogens (tertiary/aromatic N) is 2. The molecular weight excluding hydrogens is 717 g/mol. The van der Waals surface area contributed by atoms with Crippen LogP contribution in [0, 0.1) is 5.41 Å². The zero-order valence-corrected chi connectivity index (χ0v) is 31.5. The molecule has 0 fully saturated rings. The highest BCUT2D eigenvalue weighted by Gasteiger charge is 2.21. The Morgan fingerprint density at radius 2 is 1.21 bits per heavy atom. The van der Waals surface area contributed by atoms with E-state index in [1.54, 1.807) is 6.21 Å². The molecule has 270 valence electrons. The SMILES string of the molecule is N=C(N=C(N=Cc1ccccc1)c1cccc2c1oc1cccc(-c3cccc4c3sc3cccc(Nc5ccccc5-c5ccccc5)c34)c12)c1ccccc1. The standard InChI is InChI=1S/C51H34N4OS/c52-50(35-20-8-3-9-21-35)55-51(53-32-33-16-4-1-5-17-33)41-27-13-25-39-46-37(23-14-30-44(46)56-48(39)41)38-24-12-26-40-47-43(29-15-31-45(47)57-49(38)40)54-42-28-11-10-22-36(42)34-18-6-2-7-19-34/h1-32,52,54H. The van der Waals surface area contributed by atoms with Crippen molar-refractivity contribution in [3.05, 3.63) is 205 Å². The lowest BCUT2D eigenvalue weighted by molar-refractivity contribution is 0.668. The van der Waals surface area contributed by atoms with Gasteiger partial charge in [0.1, 0.15) is 11.2 Å². The van der Waals surface area contributed by atoms with Gasteiger partial charge in [0.2, 0.25) is 0 Å². The van der Waals surface area contributed by atoms with Gasteiger partial charge in [-0.1, -0.05) is 158 Å². The van der Waals surface area contributed by atoms with Crippen LogP contribution in [0.2, 0.25) is 0 Å².